The molecule has 0 bridgehead atoms. The molecule has 0 spiro atoms. The van der Waals surface area contributed by atoms with Crippen molar-refractivity contribution in [3.63, 3.8) is 0 Å². The molecule has 3 rings (SSSR count). The fourth-order valence-corrected chi connectivity index (χ4v) is 3.91. The molecule has 0 atom stereocenters. The van der Waals surface area contributed by atoms with Crippen LogP contribution < -0.4 is 14.4 Å². The minimum Gasteiger partial charge on any atom is -0.507 e. The maximum atomic E-state index is 12.9. The molecule has 144 valence electrons. The van der Waals surface area contributed by atoms with E-state index in [0.717, 1.165) is 11.8 Å². The van der Waals surface area contributed by atoms with Crippen molar-refractivity contribution < 1.29 is 29.3 Å². The first-order chi connectivity index (χ1) is 13.3. The molecule has 0 aromatic heterocycles. The Morgan fingerprint density at radius 1 is 1.18 bits per heavy atom. The van der Waals surface area contributed by atoms with E-state index in [9.17, 15) is 14.7 Å². The van der Waals surface area contributed by atoms with Crippen LogP contribution >= 0.6 is 24.0 Å². The van der Waals surface area contributed by atoms with Crippen LogP contribution in [0.15, 0.2) is 41.3 Å². The number of nitrogens with zero attached hydrogens (tertiary/aromatic N) is 1. The highest BCUT2D eigenvalue weighted by Crippen LogP contribution is 2.39. The molecule has 9 heteroatoms. The summed E-state index contributed by atoms with van der Waals surface area (Å²) in [6, 6.07) is 9.05. The van der Waals surface area contributed by atoms with Gasteiger partial charge in [0.1, 0.15) is 22.8 Å². The van der Waals surface area contributed by atoms with Gasteiger partial charge in [-0.1, -0.05) is 24.0 Å². The number of carbonyl (C=O) groups excluding carboxylic acids is 1. The van der Waals surface area contributed by atoms with Crippen molar-refractivity contribution in [1.82, 2.24) is 0 Å². The molecule has 0 aliphatic carbocycles. The van der Waals surface area contributed by atoms with Gasteiger partial charge in [-0.2, -0.15) is 0 Å². The number of thioether (sulfide) groups is 1. The van der Waals surface area contributed by atoms with Crippen molar-refractivity contribution in [3.8, 4) is 17.2 Å². The standard InChI is InChI=1S/C19H15NO6S2/c1-25-12-4-6-15(26-2)10(7-12)8-16-17(22)20(19(27)28-16)11-3-5-13(18(23)24)14(21)9-11/h3-9,21H,1-2H3,(H,23,24). The van der Waals surface area contributed by atoms with E-state index in [0.29, 0.717) is 22.0 Å². The molecule has 28 heavy (non-hydrogen) atoms. The van der Waals surface area contributed by atoms with E-state index >= 15 is 0 Å². The quantitative estimate of drug-likeness (QED) is 0.564. The molecule has 1 aliphatic heterocycles. The zero-order valence-electron chi connectivity index (χ0n) is 14.8. The number of hydrogen-bond donors (Lipinski definition) is 2. The number of aromatic hydroxyl groups is 1. The number of carbonyl (C=O) groups is 2. The first-order valence-corrected chi connectivity index (χ1v) is 9.14. The van der Waals surface area contributed by atoms with Crippen molar-refractivity contribution in [2.75, 3.05) is 19.1 Å². The first kappa shape index (κ1) is 19.7. The van der Waals surface area contributed by atoms with Crippen LogP contribution in [0.5, 0.6) is 17.2 Å². The number of hydrogen-bond acceptors (Lipinski definition) is 7. The summed E-state index contributed by atoms with van der Waals surface area (Å²) in [7, 11) is 3.06. The molecule has 0 unspecified atom stereocenters. The Kier molecular flexibility index (Phi) is 5.57. The van der Waals surface area contributed by atoms with Crippen molar-refractivity contribution in [2.45, 2.75) is 0 Å². The third-order valence-corrected chi connectivity index (χ3v) is 5.29. The lowest BCUT2D eigenvalue weighted by molar-refractivity contribution is -0.113. The Morgan fingerprint density at radius 2 is 1.93 bits per heavy atom. The van der Waals surface area contributed by atoms with Gasteiger partial charge in [0.25, 0.3) is 5.91 Å². The Hall–Kier alpha value is -3.04. The number of rotatable bonds is 5. The van der Waals surface area contributed by atoms with Gasteiger partial charge in [-0.3, -0.25) is 9.69 Å². The Bertz CT molecular complexity index is 1020. The van der Waals surface area contributed by atoms with Crippen LogP contribution in [0.1, 0.15) is 15.9 Å². The van der Waals surface area contributed by atoms with E-state index in [1.54, 1.807) is 31.4 Å². The summed E-state index contributed by atoms with van der Waals surface area (Å²) >= 11 is 6.40. The summed E-state index contributed by atoms with van der Waals surface area (Å²) in [6.45, 7) is 0. The lowest BCUT2D eigenvalue weighted by Gasteiger charge is -2.15. The number of carboxylic acids is 1. The first-order valence-electron chi connectivity index (χ1n) is 7.92. The summed E-state index contributed by atoms with van der Waals surface area (Å²) in [5.74, 6) is -0.925. The molecule has 1 saturated heterocycles. The summed E-state index contributed by atoms with van der Waals surface area (Å²) in [5.41, 5.74) is 0.670. The van der Waals surface area contributed by atoms with Crippen LogP contribution in [-0.4, -0.2) is 40.6 Å². The Balaban J connectivity index is 1.97. The van der Waals surface area contributed by atoms with Gasteiger partial charge in [0.15, 0.2) is 4.32 Å². The number of amides is 1. The van der Waals surface area contributed by atoms with Gasteiger partial charge in [0, 0.05) is 11.6 Å². The number of ether oxygens (including phenoxy) is 2. The lowest BCUT2D eigenvalue weighted by Crippen LogP contribution is -2.27. The average molecular weight is 417 g/mol. The van der Waals surface area contributed by atoms with Gasteiger partial charge in [-0.25, -0.2) is 4.79 Å². The number of methoxy groups -OCH3 is 2. The maximum Gasteiger partial charge on any atom is 0.339 e. The van der Waals surface area contributed by atoms with E-state index in [4.69, 9.17) is 26.8 Å². The molecule has 2 aromatic carbocycles. The number of carboxylic acid groups (broad SMARTS) is 1. The van der Waals surface area contributed by atoms with Crippen molar-refractivity contribution >= 4 is 51.9 Å². The fourth-order valence-electron chi connectivity index (χ4n) is 2.62. The highest BCUT2D eigenvalue weighted by Gasteiger charge is 2.34. The van der Waals surface area contributed by atoms with Crippen molar-refractivity contribution in [2.24, 2.45) is 0 Å². The topological polar surface area (TPSA) is 96.3 Å². The molecule has 1 amide bonds. The number of anilines is 1. The van der Waals surface area contributed by atoms with Gasteiger partial charge in [-0.15, -0.1) is 0 Å². The Labute approximate surface area is 170 Å². The maximum absolute atomic E-state index is 12.9. The van der Waals surface area contributed by atoms with Crippen LogP contribution in [0.2, 0.25) is 0 Å². The smallest absolute Gasteiger partial charge is 0.339 e. The predicted molar refractivity (Wildman–Crippen MR) is 110 cm³/mol. The molecule has 0 saturated carbocycles. The highest BCUT2D eigenvalue weighted by molar-refractivity contribution is 8.27. The van der Waals surface area contributed by atoms with E-state index in [1.165, 1.54) is 30.2 Å². The van der Waals surface area contributed by atoms with Crippen LogP contribution in [0.25, 0.3) is 6.08 Å². The van der Waals surface area contributed by atoms with E-state index < -0.39 is 11.7 Å². The Morgan fingerprint density at radius 3 is 2.54 bits per heavy atom. The molecule has 1 heterocycles. The average Bonchev–Trinajstić information content (AvgIpc) is 2.94. The monoisotopic (exact) mass is 417 g/mol. The van der Waals surface area contributed by atoms with Crippen molar-refractivity contribution in [1.29, 1.82) is 0 Å². The fraction of sp³-hybridized carbons (Fsp3) is 0.105. The molecule has 2 aromatic rings. The molecular formula is C19H15NO6S2. The number of phenols is 1. The van der Waals surface area contributed by atoms with Crippen LogP contribution in [0.3, 0.4) is 0 Å². The zero-order valence-corrected chi connectivity index (χ0v) is 16.5. The van der Waals surface area contributed by atoms with Gasteiger partial charge >= 0.3 is 5.97 Å². The van der Waals surface area contributed by atoms with E-state index in [2.05, 4.69) is 0 Å². The molecule has 0 radical (unpaired) electrons. The highest BCUT2D eigenvalue weighted by atomic mass is 32.2. The minimum atomic E-state index is -1.26. The summed E-state index contributed by atoms with van der Waals surface area (Å²) in [5, 5.41) is 18.9. The number of aromatic carboxylic acids is 1. The van der Waals surface area contributed by atoms with Crippen LogP contribution in [0, 0.1) is 0 Å². The lowest BCUT2D eigenvalue weighted by atomic mass is 10.1. The van der Waals surface area contributed by atoms with Gasteiger partial charge in [-0.05, 0) is 36.4 Å². The second kappa shape index (κ2) is 7.91. The summed E-state index contributed by atoms with van der Waals surface area (Å²) < 4.78 is 10.8. The van der Waals surface area contributed by atoms with Gasteiger partial charge in [0.2, 0.25) is 0 Å². The second-order valence-electron chi connectivity index (χ2n) is 5.63. The van der Waals surface area contributed by atoms with Crippen LogP contribution in [-0.2, 0) is 4.79 Å². The summed E-state index contributed by atoms with van der Waals surface area (Å²) in [6.07, 6.45) is 1.64. The molecule has 7 nitrogen and oxygen atoms in total. The number of benzene rings is 2. The molecule has 2 N–H and O–H groups in total. The number of thiocarbonyl (C=S) groups is 1. The van der Waals surface area contributed by atoms with Gasteiger partial charge in [0.05, 0.1) is 24.8 Å². The SMILES string of the molecule is COc1ccc(OC)c(C=C2SC(=S)N(c3ccc(C(=O)O)c(O)c3)C2=O)c1. The third kappa shape index (κ3) is 3.67. The summed E-state index contributed by atoms with van der Waals surface area (Å²) in [4.78, 5) is 25.5. The van der Waals surface area contributed by atoms with E-state index in [-0.39, 0.29) is 21.5 Å². The largest absolute Gasteiger partial charge is 0.507 e. The van der Waals surface area contributed by atoms with E-state index in [1.807, 2.05) is 0 Å². The zero-order chi connectivity index (χ0) is 20.4. The minimum absolute atomic E-state index is 0.258. The normalized spacial score (nSPS) is 15.2. The third-order valence-electron chi connectivity index (χ3n) is 3.99. The molecule has 1 fully saturated rings. The second-order valence-corrected chi connectivity index (χ2v) is 7.31. The van der Waals surface area contributed by atoms with Crippen LogP contribution in [0.4, 0.5) is 5.69 Å². The molecule has 1 aliphatic rings. The van der Waals surface area contributed by atoms with Gasteiger partial charge < -0.3 is 19.7 Å². The molecular weight excluding hydrogens is 402 g/mol. The predicted octanol–water partition coefficient (Wildman–Crippen LogP) is 3.51. The van der Waals surface area contributed by atoms with Crippen molar-refractivity contribution in [3.05, 3.63) is 52.4 Å².